The van der Waals surface area contributed by atoms with Gasteiger partial charge in [0.05, 0.1) is 6.61 Å². The van der Waals surface area contributed by atoms with Crippen LogP contribution in [0.3, 0.4) is 0 Å². The van der Waals surface area contributed by atoms with Crippen LogP contribution in [0.25, 0.3) is 22.5 Å². The predicted molar refractivity (Wildman–Crippen MR) is 230 cm³/mol. The number of esters is 1. The van der Waals surface area contributed by atoms with Crippen LogP contribution >= 0.6 is 0 Å². The molecule has 5 aromatic carbocycles. The van der Waals surface area contributed by atoms with E-state index in [0.29, 0.717) is 25.1 Å². The average molecular weight is 809 g/mol. The second-order valence-corrected chi connectivity index (χ2v) is 16.1. The third-order valence-electron chi connectivity index (χ3n) is 10.2. The molecule has 1 amide bonds. The lowest BCUT2D eigenvalue weighted by atomic mass is 9.77. The number of hydrogen-bond donors (Lipinski definition) is 0. The Bertz CT molecular complexity index is 2230. The summed E-state index contributed by atoms with van der Waals surface area (Å²) in [4.78, 5) is 45.8. The normalized spacial score (nSPS) is 12.2. The molecule has 60 heavy (non-hydrogen) atoms. The second-order valence-electron chi connectivity index (χ2n) is 16.1. The van der Waals surface area contributed by atoms with Gasteiger partial charge in [0.1, 0.15) is 11.6 Å². The van der Waals surface area contributed by atoms with Crippen molar-refractivity contribution >= 4 is 11.9 Å². The highest BCUT2D eigenvalue weighted by Gasteiger charge is 2.41. The van der Waals surface area contributed by atoms with Gasteiger partial charge < -0.3 is 14.5 Å². The van der Waals surface area contributed by atoms with Crippen LogP contribution in [0.4, 0.5) is 0 Å². The highest BCUT2D eigenvalue weighted by molar-refractivity contribution is 5.85. The lowest BCUT2D eigenvalue weighted by Crippen LogP contribution is -2.49. The van der Waals surface area contributed by atoms with Gasteiger partial charge in [0.2, 0.25) is 11.7 Å². The zero-order valence-electron chi connectivity index (χ0n) is 34.8. The molecule has 6 aromatic rings. The molecule has 12 nitrogen and oxygen atoms in total. The van der Waals surface area contributed by atoms with Crippen molar-refractivity contribution in [2.45, 2.75) is 84.0 Å². The lowest BCUT2D eigenvalue weighted by molar-refractivity contribution is -0.757. The number of amides is 1. The Hall–Kier alpha value is -6.69. The maximum absolute atomic E-state index is 13.9. The summed E-state index contributed by atoms with van der Waals surface area (Å²) in [6.45, 7) is 9.37. The summed E-state index contributed by atoms with van der Waals surface area (Å²) in [5, 5.41) is 24.3. The Morgan fingerprint density at radius 1 is 0.733 bits per heavy atom. The number of ether oxygens (including phenoxy) is 1. The van der Waals surface area contributed by atoms with Crippen molar-refractivity contribution in [3.8, 4) is 22.5 Å². The highest BCUT2D eigenvalue weighted by atomic mass is 16.9. The fraction of sp³-hybridized carbons (Fsp3) is 0.312. The zero-order valence-corrected chi connectivity index (χ0v) is 34.8. The molecule has 0 N–H and O–H groups in total. The molecule has 0 bridgehead atoms. The summed E-state index contributed by atoms with van der Waals surface area (Å²) in [7, 11) is 0. The molecule has 310 valence electrons. The van der Waals surface area contributed by atoms with Crippen LogP contribution in [0.1, 0.15) is 82.6 Å². The number of benzene rings is 5. The summed E-state index contributed by atoms with van der Waals surface area (Å²) in [5.74, 6) is -0.433. The quantitative estimate of drug-likeness (QED) is 0.0273. The van der Waals surface area contributed by atoms with E-state index in [1.165, 1.54) is 0 Å². The minimum absolute atomic E-state index is 0.0305. The molecule has 1 heterocycles. The zero-order chi connectivity index (χ0) is 42.7. The van der Waals surface area contributed by atoms with Crippen LogP contribution in [0.5, 0.6) is 0 Å². The van der Waals surface area contributed by atoms with Gasteiger partial charge in [-0.05, 0) is 78.1 Å². The van der Waals surface area contributed by atoms with Gasteiger partial charge in [0.15, 0.2) is 5.54 Å². The first-order valence-corrected chi connectivity index (χ1v) is 20.3. The van der Waals surface area contributed by atoms with E-state index in [4.69, 9.17) is 20.1 Å². The third-order valence-corrected chi connectivity index (χ3v) is 10.2. The van der Waals surface area contributed by atoms with E-state index in [1.807, 2.05) is 117 Å². The number of carbonyl (C=O) groups is 2. The fourth-order valence-electron chi connectivity index (χ4n) is 7.57. The topological polar surface area (TPSA) is 143 Å². The SMILES string of the molecule is CC(C)[C@@H](C(=O)OC(C)(C)C)N(Cc1ccc(-c2ccccc2-c2nnn(C(c3ccccc3)(c3ccccc3)c3ccccc3)n2)cc1)C(=O)CCCCCO[N+](=O)[O-]. The summed E-state index contributed by atoms with van der Waals surface area (Å²) in [5.41, 5.74) is 4.73. The van der Waals surface area contributed by atoms with Gasteiger partial charge in [-0.25, -0.2) is 4.79 Å². The molecule has 0 spiro atoms. The molecule has 1 aromatic heterocycles. The highest BCUT2D eigenvalue weighted by Crippen LogP contribution is 2.40. The molecule has 0 radical (unpaired) electrons. The molecule has 12 heteroatoms. The first kappa shape index (κ1) is 42.9. The van der Waals surface area contributed by atoms with E-state index in [-0.39, 0.29) is 31.4 Å². The summed E-state index contributed by atoms with van der Waals surface area (Å²) < 4.78 is 5.81. The van der Waals surface area contributed by atoms with Crippen LogP contribution in [0, 0.1) is 16.0 Å². The summed E-state index contributed by atoms with van der Waals surface area (Å²) >= 11 is 0. The van der Waals surface area contributed by atoms with Gasteiger partial charge >= 0.3 is 5.97 Å². The van der Waals surface area contributed by atoms with E-state index < -0.39 is 28.2 Å². The number of hydrogen-bond acceptors (Lipinski definition) is 9. The number of carbonyl (C=O) groups excluding carboxylic acids is 2. The van der Waals surface area contributed by atoms with E-state index in [1.54, 1.807) is 30.5 Å². The Morgan fingerprint density at radius 3 is 1.78 bits per heavy atom. The smallest absolute Gasteiger partial charge is 0.329 e. The minimum Gasteiger partial charge on any atom is -0.458 e. The molecule has 0 fully saturated rings. The van der Waals surface area contributed by atoms with E-state index in [9.17, 15) is 19.7 Å². The van der Waals surface area contributed by atoms with E-state index in [0.717, 1.165) is 38.9 Å². The van der Waals surface area contributed by atoms with Crippen molar-refractivity contribution < 1.29 is 24.3 Å². The summed E-state index contributed by atoms with van der Waals surface area (Å²) in [6, 6.07) is 45.6. The van der Waals surface area contributed by atoms with E-state index >= 15 is 0 Å². The van der Waals surface area contributed by atoms with Crippen molar-refractivity contribution in [2.24, 2.45) is 5.92 Å². The molecule has 6 rings (SSSR count). The Kier molecular flexibility index (Phi) is 13.9. The molecular formula is C48H52N6O6. The van der Waals surface area contributed by atoms with Crippen LogP contribution in [0.2, 0.25) is 0 Å². The third kappa shape index (κ3) is 10.1. The molecular weight excluding hydrogens is 757 g/mol. The van der Waals surface area contributed by atoms with Crippen LogP contribution in [-0.4, -0.2) is 60.3 Å². The second kappa shape index (κ2) is 19.4. The molecule has 0 saturated carbocycles. The van der Waals surface area contributed by atoms with Gasteiger partial charge in [0, 0.05) is 18.5 Å². The van der Waals surface area contributed by atoms with Crippen LogP contribution in [-0.2, 0) is 31.2 Å². The molecule has 0 saturated heterocycles. The number of rotatable bonds is 18. The van der Waals surface area contributed by atoms with Gasteiger partial charge in [-0.15, -0.1) is 25.1 Å². The van der Waals surface area contributed by atoms with Crippen molar-refractivity contribution in [3.63, 3.8) is 0 Å². The number of aromatic nitrogens is 4. The molecule has 0 aliphatic heterocycles. The molecule has 0 unspecified atom stereocenters. The van der Waals surface area contributed by atoms with Gasteiger partial charge in [-0.3, -0.25) is 4.79 Å². The van der Waals surface area contributed by atoms with Crippen molar-refractivity contribution in [1.82, 2.24) is 25.1 Å². The largest absolute Gasteiger partial charge is 0.458 e. The fourth-order valence-corrected chi connectivity index (χ4v) is 7.57. The molecule has 0 aliphatic carbocycles. The van der Waals surface area contributed by atoms with Crippen LogP contribution < -0.4 is 0 Å². The lowest BCUT2D eigenvalue weighted by Gasteiger charge is -2.35. The van der Waals surface area contributed by atoms with Gasteiger partial charge in [0.25, 0.3) is 5.09 Å². The van der Waals surface area contributed by atoms with E-state index in [2.05, 4.69) is 41.2 Å². The monoisotopic (exact) mass is 808 g/mol. The Balaban J connectivity index is 1.32. The minimum atomic E-state index is -0.923. The molecule has 1 atom stereocenters. The van der Waals surface area contributed by atoms with Crippen molar-refractivity contribution in [2.75, 3.05) is 6.61 Å². The van der Waals surface area contributed by atoms with Gasteiger partial charge in [-0.1, -0.05) is 160 Å². The average Bonchev–Trinajstić information content (AvgIpc) is 3.73. The van der Waals surface area contributed by atoms with Crippen molar-refractivity contribution in [3.05, 3.63) is 172 Å². The summed E-state index contributed by atoms with van der Waals surface area (Å²) in [6.07, 6.45) is 1.67. The maximum Gasteiger partial charge on any atom is 0.329 e. The Labute approximate surface area is 351 Å². The first-order valence-electron chi connectivity index (χ1n) is 20.3. The standard InChI is InChI=1S/C48H52N6O6/c1-35(2)44(46(56)60-47(3,4)5)52(43(55)28-16-9-19-33-59-54(57)58)34-36-29-31-37(32-30-36)41-26-17-18-27-42(41)45-49-51-53(50-45)48(38-20-10-6-11-21-38,39-22-12-7-13-23-39)40-24-14-8-15-25-40/h6-8,10-15,17-18,20-27,29-32,35,44H,9,16,19,28,33-34H2,1-5H3/t44-/m0/s1. The Morgan fingerprint density at radius 2 is 1.27 bits per heavy atom. The number of nitrogens with zero attached hydrogens (tertiary/aromatic N) is 6. The molecule has 0 aliphatic rings. The maximum atomic E-state index is 13.9. The predicted octanol–water partition coefficient (Wildman–Crippen LogP) is 9.31. The van der Waals surface area contributed by atoms with Crippen molar-refractivity contribution in [1.29, 1.82) is 0 Å². The van der Waals surface area contributed by atoms with Crippen LogP contribution in [0.15, 0.2) is 140 Å². The van der Waals surface area contributed by atoms with Gasteiger partial charge in [-0.2, -0.15) is 0 Å². The first-order chi connectivity index (χ1) is 28.9. The number of tetrazole rings is 1. The number of unbranched alkanes of at least 4 members (excludes halogenated alkanes) is 2.